The van der Waals surface area contributed by atoms with Crippen LogP contribution in [0, 0.1) is 5.82 Å². The molecule has 2 N–H and O–H groups in total. The van der Waals surface area contributed by atoms with Crippen LogP contribution < -0.4 is 9.46 Å². The molecule has 0 aliphatic heterocycles. The van der Waals surface area contributed by atoms with Crippen LogP contribution in [-0.2, 0) is 11.0 Å². The van der Waals surface area contributed by atoms with Crippen LogP contribution in [0.5, 0.6) is 5.75 Å². The largest absolute Gasteiger partial charge is 0.495 e. The number of fused-ring (bicyclic) bond motifs is 1. The van der Waals surface area contributed by atoms with Crippen LogP contribution in [0.3, 0.4) is 0 Å². The zero-order valence-corrected chi connectivity index (χ0v) is 15.2. The molecular formula is C18H18FN3O3S. The van der Waals surface area contributed by atoms with E-state index in [0.717, 1.165) is 0 Å². The second-order valence-electron chi connectivity index (χ2n) is 5.62. The lowest BCUT2D eigenvalue weighted by Gasteiger charge is -2.09. The van der Waals surface area contributed by atoms with E-state index in [-0.39, 0.29) is 16.8 Å². The highest BCUT2D eigenvalue weighted by atomic mass is 32.2. The Kier molecular flexibility index (Phi) is 5.32. The van der Waals surface area contributed by atoms with Crippen LogP contribution in [0.25, 0.3) is 11.0 Å². The van der Waals surface area contributed by atoms with Crippen molar-refractivity contribution in [3.63, 3.8) is 0 Å². The number of ketones is 1. The fourth-order valence-corrected chi connectivity index (χ4v) is 3.45. The fourth-order valence-electron chi connectivity index (χ4n) is 2.57. The number of nitrogens with one attached hydrogen (secondary N) is 2. The highest BCUT2D eigenvalue weighted by molar-refractivity contribution is 7.86. The molecule has 3 rings (SSSR count). The summed E-state index contributed by atoms with van der Waals surface area (Å²) < 4.78 is 34.4. The van der Waals surface area contributed by atoms with Gasteiger partial charge in [-0.3, -0.25) is 4.79 Å². The van der Waals surface area contributed by atoms with Gasteiger partial charge in [-0.15, -0.1) is 0 Å². The summed E-state index contributed by atoms with van der Waals surface area (Å²) in [7, 11) is 0.102. The standard InChI is InChI=1S/C18H18FN3O3S/c1-3-7-26(24)22-15-6-4-5-12(16(15)19)17(23)14-10-21-18-13(14)8-11(25-2)9-20-18/h4-6,8-10,22H,3,7H2,1-2H3,(H,20,21). The Hall–Kier alpha value is -2.74. The lowest BCUT2D eigenvalue weighted by atomic mass is 10.0. The number of H-pyrrole nitrogens is 1. The molecule has 3 aromatic rings. The van der Waals surface area contributed by atoms with Gasteiger partial charge in [0.05, 0.1) is 24.6 Å². The maximum atomic E-state index is 14.8. The van der Waals surface area contributed by atoms with Gasteiger partial charge in [-0.25, -0.2) is 13.6 Å². The van der Waals surface area contributed by atoms with E-state index in [9.17, 15) is 13.4 Å². The Morgan fingerprint density at radius 3 is 2.92 bits per heavy atom. The second kappa shape index (κ2) is 7.65. The summed E-state index contributed by atoms with van der Waals surface area (Å²) in [6, 6.07) is 6.08. The molecule has 0 aliphatic carbocycles. The number of anilines is 1. The topological polar surface area (TPSA) is 84.1 Å². The van der Waals surface area contributed by atoms with Gasteiger partial charge in [-0.2, -0.15) is 0 Å². The van der Waals surface area contributed by atoms with Crippen LogP contribution in [0.4, 0.5) is 10.1 Å². The van der Waals surface area contributed by atoms with E-state index >= 15 is 0 Å². The normalized spacial score (nSPS) is 12.1. The van der Waals surface area contributed by atoms with Gasteiger partial charge in [-0.1, -0.05) is 13.0 Å². The van der Waals surface area contributed by atoms with Gasteiger partial charge in [0, 0.05) is 22.9 Å². The average Bonchev–Trinajstić information content (AvgIpc) is 3.06. The summed E-state index contributed by atoms with van der Waals surface area (Å²) in [6.07, 6.45) is 3.72. The molecule has 6 nitrogen and oxygen atoms in total. The van der Waals surface area contributed by atoms with E-state index in [2.05, 4.69) is 14.7 Å². The number of hydrogen-bond donors (Lipinski definition) is 2. The van der Waals surface area contributed by atoms with Crippen molar-refractivity contribution in [2.75, 3.05) is 17.6 Å². The number of benzene rings is 1. The summed E-state index contributed by atoms with van der Waals surface area (Å²) in [5.41, 5.74) is 0.732. The first-order valence-corrected chi connectivity index (χ1v) is 9.36. The molecule has 0 amide bonds. The smallest absolute Gasteiger partial charge is 0.198 e. The molecule has 0 radical (unpaired) electrons. The number of ether oxygens (including phenoxy) is 1. The van der Waals surface area contributed by atoms with E-state index in [4.69, 9.17) is 4.74 Å². The van der Waals surface area contributed by atoms with Crippen molar-refractivity contribution >= 4 is 33.5 Å². The molecule has 136 valence electrons. The van der Waals surface area contributed by atoms with Crippen molar-refractivity contribution in [1.82, 2.24) is 9.97 Å². The molecule has 1 aromatic carbocycles. The minimum absolute atomic E-state index is 0.0400. The summed E-state index contributed by atoms with van der Waals surface area (Å²) in [4.78, 5) is 19.9. The third kappa shape index (κ3) is 3.45. The lowest BCUT2D eigenvalue weighted by Crippen LogP contribution is -2.12. The first-order chi connectivity index (χ1) is 12.5. The van der Waals surface area contributed by atoms with Gasteiger partial charge < -0.3 is 14.4 Å². The molecule has 1 atom stereocenters. The van der Waals surface area contributed by atoms with E-state index in [0.29, 0.717) is 29.0 Å². The molecule has 0 bridgehead atoms. The molecular weight excluding hydrogens is 357 g/mol. The summed E-state index contributed by atoms with van der Waals surface area (Å²) >= 11 is 0. The maximum absolute atomic E-state index is 14.8. The summed E-state index contributed by atoms with van der Waals surface area (Å²) in [5, 5.41) is 0.543. The zero-order chi connectivity index (χ0) is 18.7. The Morgan fingerprint density at radius 1 is 1.38 bits per heavy atom. The number of halogens is 1. The fraction of sp³-hybridized carbons (Fsp3) is 0.222. The second-order valence-corrected chi connectivity index (χ2v) is 6.93. The van der Waals surface area contributed by atoms with Crippen molar-refractivity contribution in [3.8, 4) is 5.75 Å². The SMILES string of the molecule is CCCS(=O)Nc1cccc(C(=O)c2c[nH]c3ncc(OC)cc23)c1F. The molecule has 1 unspecified atom stereocenters. The van der Waals surface area contributed by atoms with Gasteiger partial charge >= 0.3 is 0 Å². The molecule has 26 heavy (non-hydrogen) atoms. The highest BCUT2D eigenvalue weighted by Gasteiger charge is 2.21. The van der Waals surface area contributed by atoms with Crippen LogP contribution >= 0.6 is 0 Å². The number of carbonyl (C=O) groups excluding carboxylic acids is 1. The molecule has 0 fully saturated rings. The Morgan fingerprint density at radius 2 is 2.19 bits per heavy atom. The van der Waals surface area contributed by atoms with Crippen molar-refractivity contribution in [3.05, 3.63) is 53.6 Å². The van der Waals surface area contributed by atoms with Crippen LogP contribution in [0.15, 0.2) is 36.7 Å². The number of aromatic nitrogens is 2. The van der Waals surface area contributed by atoms with Gasteiger partial charge in [-0.05, 0) is 24.6 Å². The Labute approximate surface area is 152 Å². The number of methoxy groups -OCH3 is 1. The highest BCUT2D eigenvalue weighted by Crippen LogP contribution is 2.26. The van der Waals surface area contributed by atoms with E-state index < -0.39 is 22.6 Å². The predicted octanol–water partition coefficient (Wildman–Crippen LogP) is 3.43. The van der Waals surface area contributed by atoms with E-state index in [1.54, 1.807) is 12.1 Å². The number of pyridine rings is 1. The number of hydrogen-bond acceptors (Lipinski definition) is 4. The summed E-state index contributed by atoms with van der Waals surface area (Å²) in [6.45, 7) is 1.88. The number of aromatic amines is 1. The van der Waals surface area contributed by atoms with Crippen LogP contribution in [0.1, 0.15) is 29.3 Å². The van der Waals surface area contributed by atoms with Gasteiger partial charge in [0.25, 0.3) is 0 Å². The number of rotatable bonds is 7. The van der Waals surface area contributed by atoms with E-state index in [1.165, 1.54) is 31.6 Å². The van der Waals surface area contributed by atoms with Gasteiger partial charge in [0.1, 0.15) is 22.4 Å². The molecule has 8 heteroatoms. The monoisotopic (exact) mass is 375 g/mol. The minimum Gasteiger partial charge on any atom is -0.495 e. The third-order valence-electron chi connectivity index (χ3n) is 3.84. The first kappa shape index (κ1) is 18.1. The number of nitrogens with zero attached hydrogens (tertiary/aromatic N) is 1. The van der Waals surface area contributed by atoms with Crippen molar-refractivity contribution in [2.24, 2.45) is 0 Å². The summed E-state index contributed by atoms with van der Waals surface area (Å²) in [5.74, 6) is -0.330. The molecule has 0 spiro atoms. The first-order valence-electron chi connectivity index (χ1n) is 8.04. The molecule has 0 saturated carbocycles. The van der Waals surface area contributed by atoms with E-state index in [1.807, 2.05) is 6.92 Å². The maximum Gasteiger partial charge on any atom is 0.198 e. The van der Waals surface area contributed by atoms with Gasteiger partial charge in [0.15, 0.2) is 11.6 Å². The molecule has 0 aliphatic rings. The average molecular weight is 375 g/mol. The van der Waals surface area contributed by atoms with Crippen LogP contribution in [0.2, 0.25) is 0 Å². The third-order valence-corrected chi connectivity index (χ3v) is 5.07. The molecule has 2 aromatic heterocycles. The quantitative estimate of drug-likeness (QED) is 0.620. The minimum atomic E-state index is -1.40. The molecule has 0 saturated heterocycles. The lowest BCUT2D eigenvalue weighted by molar-refractivity contribution is 0.103. The number of carbonyl (C=O) groups is 1. The Bertz CT molecular complexity index is 987. The predicted molar refractivity (Wildman–Crippen MR) is 99.4 cm³/mol. The zero-order valence-electron chi connectivity index (χ0n) is 14.3. The van der Waals surface area contributed by atoms with Gasteiger partial charge in [0.2, 0.25) is 0 Å². The molecule has 2 heterocycles. The van der Waals surface area contributed by atoms with Crippen molar-refractivity contribution in [1.29, 1.82) is 0 Å². The van der Waals surface area contributed by atoms with Crippen molar-refractivity contribution < 1.29 is 18.1 Å². The Balaban J connectivity index is 1.99. The van der Waals surface area contributed by atoms with Crippen molar-refractivity contribution in [2.45, 2.75) is 13.3 Å². The van der Waals surface area contributed by atoms with Crippen LogP contribution in [-0.4, -0.2) is 32.8 Å².